The van der Waals surface area contributed by atoms with Crippen LogP contribution in [0.2, 0.25) is 0 Å². The summed E-state index contributed by atoms with van der Waals surface area (Å²) in [5, 5.41) is 2.68. The van der Waals surface area contributed by atoms with Gasteiger partial charge in [-0.3, -0.25) is 14.6 Å². The standard InChI is InChI=1S/C11H16N4O2/c12-8-3-4-9(15-7-8)6-11(17)14-5-1-2-10(13)16/h3-4,7H,1-2,5-6,12H2,(H2,13,16)(H,14,17). The first-order valence-corrected chi connectivity index (χ1v) is 5.33. The van der Waals surface area contributed by atoms with Crippen LogP contribution in [0.15, 0.2) is 18.3 Å². The number of amides is 2. The third kappa shape index (κ3) is 5.50. The van der Waals surface area contributed by atoms with E-state index in [1.807, 2.05) is 0 Å². The van der Waals surface area contributed by atoms with Crippen molar-refractivity contribution in [1.82, 2.24) is 10.3 Å². The van der Waals surface area contributed by atoms with Gasteiger partial charge in [0.15, 0.2) is 0 Å². The maximum atomic E-state index is 11.4. The van der Waals surface area contributed by atoms with E-state index in [1.54, 1.807) is 12.1 Å². The summed E-state index contributed by atoms with van der Waals surface area (Å²) in [7, 11) is 0. The van der Waals surface area contributed by atoms with Crippen LogP contribution in [0.1, 0.15) is 18.5 Å². The van der Waals surface area contributed by atoms with Gasteiger partial charge in [-0.1, -0.05) is 0 Å². The minimum Gasteiger partial charge on any atom is -0.397 e. The van der Waals surface area contributed by atoms with E-state index in [1.165, 1.54) is 6.20 Å². The largest absolute Gasteiger partial charge is 0.397 e. The van der Waals surface area contributed by atoms with Crippen LogP contribution in [0.4, 0.5) is 5.69 Å². The second-order valence-corrected chi connectivity index (χ2v) is 3.68. The Kier molecular flexibility index (Phi) is 4.93. The number of nitrogens with one attached hydrogen (secondary N) is 1. The highest BCUT2D eigenvalue weighted by Gasteiger charge is 2.04. The van der Waals surface area contributed by atoms with E-state index < -0.39 is 0 Å². The molecule has 6 heteroatoms. The predicted molar refractivity (Wildman–Crippen MR) is 63.8 cm³/mol. The van der Waals surface area contributed by atoms with Crippen molar-refractivity contribution in [3.05, 3.63) is 24.0 Å². The molecule has 1 aromatic heterocycles. The number of anilines is 1. The molecule has 2 amide bonds. The fourth-order valence-corrected chi connectivity index (χ4v) is 1.26. The van der Waals surface area contributed by atoms with Crippen molar-refractivity contribution in [2.45, 2.75) is 19.3 Å². The second kappa shape index (κ2) is 6.47. The van der Waals surface area contributed by atoms with Crippen molar-refractivity contribution >= 4 is 17.5 Å². The van der Waals surface area contributed by atoms with Crippen LogP contribution < -0.4 is 16.8 Å². The number of aromatic nitrogens is 1. The maximum Gasteiger partial charge on any atom is 0.226 e. The van der Waals surface area contributed by atoms with Gasteiger partial charge in [0.05, 0.1) is 18.3 Å². The van der Waals surface area contributed by atoms with Crippen LogP contribution >= 0.6 is 0 Å². The molecular formula is C11H16N4O2. The number of hydrogen-bond acceptors (Lipinski definition) is 4. The Labute approximate surface area is 99.4 Å². The quantitative estimate of drug-likeness (QED) is 0.583. The molecule has 0 atom stereocenters. The Morgan fingerprint density at radius 1 is 1.35 bits per heavy atom. The van der Waals surface area contributed by atoms with Crippen molar-refractivity contribution < 1.29 is 9.59 Å². The van der Waals surface area contributed by atoms with Gasteiger partial charge in [0.25, 0.3) is 0 Å². The molecule has 0 aliphatic rings. The van der Waals surface area contributed by atoms with Crippen molar-refractivity contribution in [1.29, 1.82) is 0 Å². The first kappa shape index (κ1) is 13.0. The molecule has 0 saturated heterocycles. The lowest BCUT2D eigenvalue weighted by Gasteiger charge is -2.04. The SMILES string of the molecule is NC(=O)CCCNC(=O)Cc1ccc(N)cn1. The molecule has 1 rings (SSSR count). The van der Waals surface area contributed by atoms with E-state index in [4.69, 9.17) is 11.5 Å². The Bertz CT molecular complexity index is 389. The van der Waals surface area contributed by atoms with Crippen molar-refractivity contribution in [2.24, 2.45) is 5.73 Å². The van der Waals surface area contributed by atoms with E-state index in [2.05, 4.69) is 10.3 Å². The monoisotopic (exact) mass is 236 g/mol. The topological polar surface area (TPSA) is 111 Å². The summed E-state index contributed by atoms with van der Waals surface area (Å²) in [6.45, 7) is 0.441. The lowest BCUT2D eigenvalue weighted by atomic mass is 10.2. The molecule has 1 heterocycles. The fourth-order valence-electron chi connectivity index (χ4n) is 1.26. The third-order valence-electron chi connectivity index (χ3n) is 2.11. The highest BCUT2D eigenvalue weighted by atomic mass is 16.2. The average molecular weight is 236 g/mol. The summed E-state index contributed by atoms with van der Waals surface area (Å²) in [5.74, 6) is -0.494. The number of hydrogen-bond donors (Lipinski definition) is 3. The highest BCUT2D eigenvalue weighted by molar-refractivity contribution is 5.78. The van der Waals surface area contributed by atoms with Gasteiger partial charge in [0, 0.05) is 18.7 Å². The molecule has 0 saturated carbocycles. The number of nitrogen functional groups attached to an aromatic ring is 1. The Morgan fingerprint density at radius 3 is 2.71 bits per heavy atom. The van der Waals surface area contributed by atoms with Gasteiger partial charge in [-0.05, 0) is 18.6 Å². The molecular weight excluding hydrogens is 220 g/mol. The molecule has 0 spiro atoms. The molecule has 0 aliphatic carbocycles. The lowest BCUT2D eigenvalue weighted by molar-refractivity contribution is -0.121. The predicted octanol–water partition coefficient (Wildman–Crippen LogP) is -0.412. The highest BCUT2D eigenvalue weighted by Crippen LogP contribution is 2.01. The molecule has 92 valence electrons. The summed E-state index contributed by atoms with van der Waals surface area (Å²) >= 11 is 0. The van der Waals surface area contributed by atoms with E-state index in [9.17, 15) is 9.59 Å². The smallest absolute Gasteiger partial charge is 0.226 e. The van der Waals surface area contributed by atoms with Gasteiger partial charge >= 0.3 is 0 Å². The normalized spacial score (nSPS) is 9.88. The van der Waals surface area contributed by atoms with Crippen LogP contribution in [0.25, 0.3) is 0 Å². The van der Waals surface area contributed by atoms with Crippen LogP contribution in [-0.2, 0) is 16.0 Å². The summed E-state index contributed by atoms with van der Waals surface area (Å²) in [6, 6.07) is 3.40. The minimum absolute atomic E-state index is 0.133. The van der Waals surface area contributed by atoms with Gasteiger partial charge < -0.3 is 16.8 Å². The van der Waals surface area contributed by atoms with E-state index in [-0.39, 0.29) is 24.7 Å². The molecule has 0 aromatic carbocycles. The van der Waals surface area contributed by atoms with Gasteiger partial charge in [-0.15, -0.1) is 0 Å². The summed E-state index contributed by atoms with van der Waals surface area (Å²) in [5.41, 5.74) is 11.7. The molecule has 1 aromatic rings. The van der Waals surface area contributed by atoms with Crippen LogP contribution in [0.3, 0.4) is 0 Å². The molecule has 0 radical (unpaired) electrons. The molecule has 17 heavy (non-hydrogen) atoms. The zero-order valence-corrected chi connectivity index (χ0v) is 9.48. The zero-order valence-electron chi connectivity index (χ0n) is 9.48. The fraction of sp³-hybridized carbons (Fsp3) is 0.364. The Morgan fingerprint density at radius 2 is 2.12 bits per heavy atom. The first-order valence-electron chi connectivity index (χ1n) is 5.33. The molecule has 0 fully saturated rings. The molecule has 0 bridgehead atoms. The van der Waals surface area contributed by atoms with Gasteiger partial charge in [0.2, 0.25) is 11.8 Å². The van der Waals surface area contributed by atoms with E-state index in [0.29, 0.717) is 24.3 Å². The minimum atomic E-state index is -0.362. The first-order chi connectivity index (χ1) is 8.08. The van der Waals surface area contributed by atoms with Crippen LogP contribution in [0.5, 0.6) is 0 Å². The number of rotatable bonds is 6. The Hall–Kier alpha value is -2.11. The van der Waals surface area contributed by atoms with Crippen LogP contribution in [0, 0.1) is 0 Å². The van der Waals surface area contributed by atoms with E-state index >= 15 is 0 Å². The third-order valence-corrected chi connectivity index (χ3v) is 2.11. The van der Waals surface area contributed by atoms with Gasteiger partial charge in [-0.25, -0.2) is 0 Å². The number of pyridine rings is 1. The van der Waals surface area contributed by atoms with Crippen LogP contribution in [-0.4, -0.2) is 23.3 Å². The number of nitrogens with zero attached hydrogens (tertiary/aromatic N) is 1. The van der Waals surface area contributed by atoms with Crippen molar-refractivity contribution in [3.8, 4) is 0 Å². The maximum absolute atomic E-state index is 11.4. The second-order valence-electron chi connectivity index (χ2n) is 3.68. The molecule has 6 nitrogen and oxygen atoms in total. The lowest BCUT2D eigenvalue weighted by Crippen LogP contribution is -2.27. The number of nitrogens with two attached hydrogens (primary N) is 2. The van der Waals surface area contributed by atoms with Crippen molar-refractivity contribution in [3.63, 3.8) is 0 Å². The summed E-state index contributed by atoms with van der Waals surface area (Å²) < 4.78 is 0. The number of carbonyl (C=O) groups is 2. The van der Waals surface area contributed by atoms with E-state index in [0.717, 1.165) is 0 Å². The summed E-state index contributed by atoms with van der Waals surface area (Å²) in [4.78, 5) is 25.9. The average Bonchev–Trinajstić information content (AvgIpc) is 2.27. The molecule has 5 N–H and O–H groups in total. The van der Waals surface area contributed by atoms with Gasteiger partial charge in [0.1, 0.15) is 0 Å². The zero-order chi connectivity index (χ0) is 12.7. The number of primary amides is 1. The van der Waals surface area contributed by atoms with Gasteiger partial charge in [-0.2, -0.15) is 0 Å². The molecule has 0 aliphatic heterocycles. The Balaban J connectivity index is 2.25. The number of carbonyl (C=O) groups excluding carboxylic acids is 2. The molecule has 0 unspecified atom stereocenters. The van der Waals surface area contributed by atoms with Crippen molar-refractivity contribution in [2.75, 3.05) is 12.3 Å². The summed E-state index contributed by atoms with van der Waals surface area (Å²) in [6.07, 6.45) is 2.54.